The van der Waals surface area contributed by atoms with Gasteiger partial charge in [-0.25, -0.2) is 8.42 Å². The molecule has 5 nitrogen and oxygen atoms in total. The number of amides is 1. The lowest BCUT2D eigenvalue weighted by Crippen LogP contribution is -2.29. The summed E-state index contributed by atoms with van der Waals surface area (Å²) in [7, 11) is -3.34. The molecule has 6 heteroatoms. The molecular weight excluding hydrogens is 360 g/mol. The number of aryl methyl sites for hydroxylation is 2. The Morgan fingerprint density at radius 3 is 2.78 bits per heavy atom. The first-order chi connectivity index (χ1) is 13.0. The highest BCUT2D eigenvalue weighted by Gasteiger charge is 2.35. The van der Waals surface area contributed by atoms with E-state index < -0.39 is 15.9 Å². The summed E-state index contributed by atoms with van der Waals surface area (Å²) in [4.78, 5) is 16.6. The number of rotatable bonds is 2. The van der Waals surface area contributed by atoms with Crippen LogP contribution in [0, 0.1) is 0 Å². The summed E-state index contributed by atoms with van der Waals surface area (Å²) in [5.41, 5.74) is 4.90. The maximum absolute atomic E-state index is 12.8. The minimum atomic E-state index is -3.34. The fraction of sp³-hybridized carbons (Fsp3) is 0.286. The first kappa shape index (κ1) is 16.6. The molecule has 0 radical (unpaired) electrons. The molecule has 0 saturated carbocycles. The van der Waals surface area contributed by atoms with E-state index in [9.17, 15) is 13.2 Å². The Balaban J connectivity index is 1.47. The van der Waals surface area contributed by atoms with Crippen LogP contribution in [0.4, 0.5) is 0 Å². The summed E-state index contributed by atoms with van der Waals surface area (Å²) in [6, 6.07) is 12.1. The van der Waals surface area contributed by atoms with Gasteiger partial charge in [-0.05, 0) is 61.1 Å². The molecule has 1 aliphatic heterocycles. The van der Waals surface area contributed by atoms with E-state index in [-0.39, 0.29) is 11.7 Å². The molecule has 0 bridgehead atoms. The number of aromatic amines is 1. The van der Waals surface area contributed by atoms with Gasteiger partial charge in [-0.1, -0.05) is 18.2 Å². The average molecular weight is 380 g/mol. The van der Waals surface area contributed by atoms with Crippen molar-refractivity contribution in [2.75, 3.05) is 5.75 Å². The van der Waals surface area contributed by atoms with Crippen molar-refractivity contribution in [2.45, 2.75) is 36.6 Å². The van der Waals surface area contributed by atoms with Gasteiger partial charge in [-0.2, -0.15) is 0 Å². The van der Waals surface area contributed by atoms with E-state index in [1.165, 1.54) is 24.1 Å². The van der Waals surface area contributed by atoms with Crippen LogP contribution in [0.1, 0.15) is 46.1 Å². The van der Waals surface area contributed by atoms with Gasteiger partial charge in [0.25, 0.3) is 5.91 Å². The highest BCUT2D eigenvalue weighted by atomic mass is 32.2. The fourth-order valence-corrected chi connectivity index (χ4v) is 6.10. The second-order valence-electron chi connectivity index (χ2n) is 7.39. The van der Waals surface area contributed by atoms with Gasteiger partial charge in [0.1, 0.15) is 0 Å². The van der Waals surface area contributed by atoms with Crippen molar-refractivity contribution >= 4 is 26.6 Å². The average Bonchev–Trinajstić information content (AvgIpc) is 3.16. The first-order valence-electron chi connectivity index (χ1n) is 9.29. The molecule has 5 rings (SSSR count). The second-order valence-corrected chi connectivity index (χ2v) is 9.40. The summed E-state index contributed by atoms with van der Waals surface area (Å²) < 4.78 is 24.7. The second kappa shape index (κ2) is 5.96. The summed E-state index contributed by atoms with van der Waals surface area (Å²) in [5, 5.41) is 4.02. The monoisotopic (exact) mass is 380 g/mol. The molecule has 1 amide bonds. The van der Waals surface area contributed by atoms with Gasteiger partial charge < -0.3 is 10.3 Å². The predicted molar refractivity (Wildman–Crippen MR) is 104 cm³/mol. The third-order valence-corrected chi connectivity index (χ3v) is 7.50. The molecule has 2 aromatic carbocycles. The molecule has 3 aromatic rings. The van der Waals surface area contributed by atoms with Crippen molar-refractivity contribution < 1.29 is 13.2 Å². The molecule has 1 aromatic heterocycles. The molecule has 2 N–H and O–H groups in total. The van der Waals surface area contributed by atoms with Gasteiger partial charge in [-0.3, -0.25) is 4.79 Å². The van der Waals surface area contributed by atoms with E-state index in [1.54, 1.807) is 30.3 Å². The molecule has 0 spiro atoms. The number of sulfone groups is 1. The van der Waals surface area contributed by atoms with Gasteiger partial charge in [0, 0.05) is 22.2 Å². The predicted octanol–water partition coefficient (Wildman–Crippen LogP) is 3.31. The Labute approximate surface area is 157 Å². The number of benzene rings is 2. The molecular formula is C21H20N2O3S. The molecule has 138 valence electrons. The Morgan fingerprint density at radius 2 is 1.89 bits per heavy atom. The maximum atomic E-state index is 12.8. The summed E-state index contributed by atoms with van der Waals surface area (Å²) in [6.45, 7) is 0. The van der Waals surface area contributed by atoms with Crippen molar-refractivity contribution in [3.8, 4) is 0 Å². The minimum absolute atomic E-state index is 0.0834. The Bertz CT molecular complexity index is 1180. The topological polar surface area (TPSA) is 79.0 Å². The molecule has 27 heavy (non-hydrogen) atoms. The van der Waals surface area contributed by atoms with Crippen LogP contribution in [0.5, 0.6) is 0 Å². The van der Waals surface area contributed by atoms with Crippen molar-refractivity contribution in [3.05, 3.63) is 64.8 Å². The zero-order valence-electron chi connectivity index (χ0n) is 14.8. The zero-order valence-corrected chi connectivity index (χ0v) is 15.6. The van der Waals surface area contributed by atoms with Crippen LogP contribution in [0.15, 0.2) is 47.4 Å². The van der Waals surface area contributed by atoms with Gasteiger partial charge in [0.05, 0.1) is 16.7 Å². The highest BCUT2D eigenvalue weighted by Crippen LogP contribution is 2.34. The number of carbonyl (C=O) groups is 1. The van der Waals surface area contributed by atoms with Crippen LogP contribution in [-0.2, 0) is 22.7 Å². The van der Waals surface area contributed by atoms with Crippen LogP contribution in [0.25, 0.3) is 10.9 Å². The van der Waals surface area contributed by atoms with E-state index in [4.69, 9.17) is 0 Å². The van der Waals surface area contributed by atoms with Crippen LogP contribution < -0.4 is 5.32 Å². The van der Waals surface area contributed by atoms with Crippen molar-refractivity contribution in [1.29, 1.82) is 0 Å². The lowest BCUT2D eigenvalue weighted by Gasteiger charge is -2.13. The number of nitrogens with one attached hydrogen (secondary N) is 2. The van der Waals surface area contributed by atoms with Gasteiger partial charge in [-0.15, -0.1) is 0 Å². The van der Waals surface area contributed by atoms with E-state index in [1.807, 2.05) is 12.1 Å². The first-order valence-corrected chi connectivity index (χ1v) is 10.9. The Kier molecular flexibility index (Phi) is 3.65. The standard InChI is InChI=1S/C21H20N2O3S/c24-21(23-19-12-27(25,26)20-8-4-2-6-15(19)20)13-9-10-18-16(11-13)14-5-1-3-7-17(14)22-18/h2,4,6,8-11,19,22H,1,3,5,7,12H2,(H,23,24). The molecule has 1 unspecified atom stereocenters. The van der Waals surface area contributed by atoms with Crippen molar-refractivity contribution in [1.82, 2.24) is 10.3 Å². The lowest BCUT2D eigenvalue weighted by atomic mass is 9.95. The molecule has 1 atom stereocenters. The quantitative estimate of drug-likeness (QED) is 0.716. The fourth-order valence-electron chi connectivity index (χ4n) is 4.36. The minimum Gasteiger partial charge on any atom is -0.358 e. The van der Waals surface area contributed by atoms with Crippen LogP contribution in [-0.4, -0.2) is 25.1 Å². The van der Waals surface area contributed by atoms with Gasteiger partial charge in [0.2, 0.25) is 0 Å². The third kappa shape index (κ3) is 2.67. The smallest absolute Gasteiger partial charge is 0.251 e. The maximum Gasteiger partial charge on any atom is 0.251 e. The number of carbonyl (C=O) groups excluding carboxylic acids is 1. The van der Waals surface area contributed by atoms with Gasteiger partial charge in [0.15, 0.2) is 9.84 Å². The van der Waals surface area contributed by atoms with E-state index in [2.05, 4.69) is 10.3 Å². The SMILES string of the molecule is O=C(NC1CS(=O)(=O)c2ccccc21)c1ccc2[nH]c3c(c2c1)CCCC3. The zero-order chi connectivity index (χ0) is 18.6. The van der Waals surface area contributed by atoms with Crippen LogP contribution in [0.3, 0.4) is 0 Å². The summed E-state index contributed by atoms with van der Waals surface area (Å²) in [6.07, 6.45) is 4.47. The van der Waals surface area contributed by atoms with Crippen LogP contribution in [0.2, 0.25) is 0 Å². The largest absolute Gasteiger partial charge is 0.358 e. The summed E-state index contributed by atoms with van der Waals surface area (Å²) >= 11 is 0. The van der Waals surface area contributed by atoms with Crippen LogP contribution >= 0.6 is 0 Å². The number of hydrogen-bond donors (Lipinski definition) is 2. The van der Waals surface area contributed by atoms with E-state index >= 15 is 0 Å². The number of H-pyrrole nitrogens is 1. The molecule has 2 heterocycles. The number of fused-ring (bicyclic) bond motifs is 4. The van der Waals surface area contributed by atoms with Crippen molar-refractivity contribution in [3.63, 3.8) is 0 Å². The molecule has 2 aliphatic rings. The Morgan fingerprint density at radius 1 is 1.07 bits per heavy atom. The lowest BCUT2D eigenvalue weighted by molar-refractivity contribution is 0.0941. The van der Waals surface area contributed by atoms with Gasteiger partial charge >= 0.3 is 0 Å². The molecule has 1 aliphatic carbocycles. The molecule has 0 fully saturated rings. The highest BCUT2D eigenvalue weighted by molar-refractivity contribution is 7.91. The number of hydrogen-bond acceptors (Lipinski definition) is 3. The normalized spacial score (nSPS) is 20.2. The molecule has 0 saturated heterocycles. The van der Waals surface area contributed by atoms with E-state index in [0.717, 1.165) is 23.7 Å². The summed E-state index contributed by atoms with van der Waals surface area (Å²) in [5.74, 6) is -0.320. The van der Waals surface area contributed by atoms with Crippen molar-refractivity contribution in [2.24, 2.45) is 0 Å². The Hall–Kier alpha value is -2.60. The third-order valence-electron chi connectivity index (χ3n) is 5.68. The number of aromatic nitrogens is 1. The van der Waals surface area contributed by atoms with E-state index in [0.29, 0.717) is 16.0 Å².